The van der Waals surface area contributed by atoms with Crippen molar-refractivity contribution in [2.45, 2.75) is 45.7 Å². The first kappa shape index (κ1) is 11.3. The maximum absolute atomic E-state index is 11.8. The predicted octanol–water partition coefficient (Wildman–Crippen LogP) is 0.715. The fourth-order valence-electron chi connectivity index (χ4n) is 2.14. The van der Waals surface area contributed by atoms with Gasteiger partial charge in [-0.05, 0) is 30.7 Å². The van der Waals surface area contributed by atoms with E-state index >= 15 is 0 Å². The van der Waals surface area contributed by atoms with Crippen LogP contribution < -0.4 is 11.3 Å². The second kappa shape index (κ2) is 4.37. The monoisotopic (exact) mass is 221 g/mol. The van der Waals surface area contributed by atoms with Crippen LogP contribution in [0, 0.1) is 5.92 Å². The number of aromatic nitrogens is 2. The smallest absolute Gasteiger partial charge is 0.267 e. The zero-order chi connectivity index (χ0) is 11.7. The minimum atomic E-state index is 0.00144. The zero-order valence-electron chi connectivity index (χ0n) is 9.94. The van der Waals surface area contributed by atoms with E-state index in [0.29, 0.717) is 12.5 Å². The average Bonchev–Trinajstić information content (AvgIpc) is 2.19. The van der Waals surface area contributed by atoms with Crippen LogP contribution in [0.15, 0.2) is 10.9 Å². The van der Waals surface area contributed by atoms with Crippen LogP contribution in [-0.4, -0.2) is 15.8 Å². The molecule has 0 saturated carbocycles. The van der Waals surface area contributed by atoms with Crippen LogP contribution in [-0.2, 0) is 19.4 Å². The van der Waals surface area contributed by atoms with Gasteiger partial charge in [-0.25, -0.2) is 4.68 Å². The largest absolute Gasteiger partial charge is 0.327 e. The van der Waals surface area contributed by atoms with Crippen molar-refractivity contribution in [2.24, 2.45) is 11.7 Å². The summed E-state index contributed by atoms with van der Waals surface area (Å²) < 4.78 is 1.58. The van der Waals surface area contributed by atoms with Crippen molar-refractivity contribution in [3.63, 3.8) is 0 Å². The summed E-state index contributed by atoms with van der Waals surface area (Å²) in [6, 6.07) is 1.90. The molecule has 0 aliphatic heterocycles. The van der Waals surface area contributed by atoms with Crippen molar-refractivity contribution in [1.29, 1.82) is 0 Å². The molecular formula is C12H19N3O. The number of hydrogen-bond acceptors (Lipinski definition) is 3. The van der Waals surface area contributed by atoms with Crippen LogP contribution in [0.5, 0.6) is 0 Å². The predicted molar refractivity (Wildman–Crippen MR) is 63.3 cm³/mol. The van der Waals surface area contributed by atoms with Gasteiger partial charge >= 0.3 is 0 Å². The molecule has 0 bridgehead atoms. The first-order valence-electron chi connectivity index (χ1n) is 5.91. The van der Waals surface area contributed by atoms with Gasteiger partial charge in [0.15, 0.2) is 0 Å². The van der Waals surface area contributed by atoms with Crippen LogP contribution >= 0.6 is 0 Å². The summed E-state index contributed by atoms with van der Waals surface area (Å²) in [5, 5.41) is 4.44. The Morgan fingerprint density at radius 2 is 2.38 bits per heavy atom. The molecule has 16 heavy (non-hydrogen) atoms. The Morgan fingerprint density at radius 3 is 3.06 bits per heavy atom. The Balaban J connectivity index is 2.34. The van der Waals surface area contributed by atoms with E-state index in [0.717, 1.165) is 30.5 Å². The second-order valence-corrected chi connectivity index (χ2v) is 5.03. The fourth-order valence-corrected chi connectivity index (χ4v) is 2.14. The molecule has 1 aliphatic rings. The number of aryl methyl sites for hydroxylation is 1. The average molecular weight is 221 g/mol. The van der Waals surface area contributed by atoms with Crippen LogP contribution in [0.3, 0.4) is 0 Å². The molecule has 1 heterocycles. The van der Waals surface area contributed by atoms with Crippen molar-refractivity contribution in [2.75, 3.05) is 0 Å². The fraction of sp³-hybridized carbons (Fsp3) is 0.667. The highest BCUT2D eigenvalue weighted by atomic mass is 16.1. The standard InChI is InChI=1S/C12H19N3O/c1-8(2)7-15-12(16)6-9-5-10(13)3-4-11(9)14-15/h6,8,10H,3-5,7,13H2,1-2H3. The molecule has 2 rings (SSSR count). The second-order valence-electron chi connectivity index (χ2n) is 5.03. The highest BCUT2D eigenvalue weighted by molar-refractivity contribution is 5.22. The van der Waals surface area contributed by atoms with Gasteiger partial charge in [-0.1, -0.05) is 13.8 Å². The molecule has 0 fully saturated rings. The van der Waals surface area contributed by atoms with Crippen molar-refractivity contribution in [3.05, 3.63) is 27.7 Å². The van der Waals surface area contributed by atoms with Gasteiger partial charge in [-0.2, -0.15) is 5.10 Å². The van der Waals surface area contributed by atoms with E-state index in [-0.39, 0.29) is 11.6 Å². The van der Waals surface area contributed by atoms with Crippen molar-refractivity contribution in [1.82, 2.24) is 9.78 Å². The summed E-state index contributed by atoms with van der Waals surface area (Å²) in [5.74, 6) is 0.439. The third-order valence-corrected chi connectivity index (χ3v) is 2.94. The third kappa shape index (κ3) is 2.32. The van der Waals surface area contributed by atoms with E-state index in [9.17, 15) is 4.79 Å². The van der Waals surface area contributed by atoms with E-state index in [1.807, 2.05) is 0 Å². The number of fused-ring (bicyclic) bond motifs is 1. The molecule has 88 valence electrons. The summed E-state index contributed by atoms with van der Waals surface area (Å²) >= 11 is 0. The maximum atomic E-state index is 11.8. The summed E-state index contributed by atoms with van der Waals surface area (Å²) in [6.45, 7) is 4.87. The van der Waals surface area contributed by atoms with Gasteiger partial charge in [0.05, 0.1) is 5.69 Å². The van der Waals surface area contributed by atoms with Crippen molar-refractivity contribution in [3.8, 4) is 0 Å². The van der Waals surface area contributed by atoms with E-state index < -0.39 is 0 Å². The lowest BCUT2D eigenvalue weighted by molar-refractivity contribution is 0.445. The molecule has 0 saturated heterocycles. The molecule has 0 radical (unpaired) electrons. The number of hydrogen-bond donors (Lipinski definition) is 1. The molecule has 1 aromatic heterocycles. The van der Waals surface area contributed by atoms with Gasteiger partial charge in [-0.15, -0.1) is 0 Å². The number of nitrogens with zero attached hydrogens (tertiary/aromatic N) is 2. The van der Waals surface area contributed by atoms with Crippen LogP contribution in [0.2, 0.25) is 0 Å². The van der Waals surface area contributed by atoms with E-state index in [2.05, 4.69) is 18.9 Å². The van der Waals surface area contributed by atoms with Crippen molar-refractivity contribution < 1.29 is 0 Å². The molecule has 0 aromatic carbocycles. The molecule has 2 N–H and O–H groups in total. The highest BCUT2D eigenvalue weighted by Crippen LogP contribution is 2.16. The van der Waals surface area contributed by atoms with Gasteiger partial charge in [0.2, 0.25) is 0 Å². The third-order valence-electron chi connectivity index (χ3n) is 2.94. The highest BCUT2D eigenvalue weighted by Gasteiger charge is 2.18. The van der Waals surface area contributed by atoms with Crippen LogP contribution in [0.1, 0.15) is 31.5 Å². The lowest BCUT2D eigenvalue weighted by atomic mass is 9.93. The molecule has 1 atom stereocenters. The Bertz CT molecular complexity index is 436. The lowest BCUT2D eigenvalue weighted by Gasteiger charge is -2.21. The molecule has 4 heteroatoms. The Kier molecular flexibility index (Phi) is 3.10. The quantitative estimate of drug-likeness (QED) is 0.800. The van der Waals surface area contributed by atoms with E-state index in [4.69, 9.17) is 5.73 Å². The molecule has 0 spiro atoms. The van der Waals surface area contributed by atoms with Gasteiger partial charge < -0.3 is 5.73 Å². The SMILES string of the molecule is CC(C)Cn1nc2c(cc1=O)CC(N)CC2. The summed E-state index contributed by atoms with van der Waals surface area (Å²) in [7, 11) is 0. The first-order chi connectivity index (χ1) is 7.56. The maximum Gasteiger partial charge on any atom is 0.267 e. The molecule has 1 unspecified atom stereocenters. The van der Waals surface area contributed by atoms with Gasteiger partial charge in [0.25, 0.3) is 5.56 Å². The van der Waals surface area contributed by atoms with Gasteiger partial charge in [0.1, 0.15) is 0 Å². The summed E-state index contributed by atoms with van der Waals surface area (Å²) in [4.78, 5) is 11.8. The molecular weight excluding hydrogens is 202 g/mol. The minimum absolute atomic E-state index is 0.00144. The normalized spacial score (nSPS) is 19.9. The topological polar surface area (TPSA) is 60.9 Å². The van der Waals surface area contributed by atoms with Gasteiger partial charge in [-0.3, -0.25) is 4.79 Å². The Labute approximate surface area is 95.5 Å². The summed E-state index contributed by atoms with van der Waals surface area (Å²) in [5.41, 5.74) is 7.99. The Morgan fingerprint density at radius 1 is 1.62 bits per heavy atom. The lowest BCUT2D eigenvalue weighted by Crippen LogP contribution is -2.33. The van der Waals surface area contributed by atoms with Crippen LogP contribution in [0.4, 0.5) is 0 Å². The number of rotatable bonds is 2. The minimum Gasteiger partial charge on any atom is -0.327 e. The first-order valence-corrected chi connectivity index (χ1v) is 5.91. The van der Waals surface area contributed by atoms with E-state index in [1.54, 1.807) is 10.7 Å². The van der Waals surface area contributed by atoms with Crippen LogP contribution in [0.25, 0.3) is 0 Å². The summed E-state index contributed by atoms with van der Waals surface area (Å²) in [6.07, 6.45) is 2.66. The molecule has 1 aliphatic carbocycles. The zero-order valence-corrected chi connectivity index (χ0v) is 9.94. The Hall–Kier alpha value is -1.16. The molecule has 4 nitrogen and oxygen atoms in total. The number of nitrogens with two attached hydrogens (primary N) is 1. The molecule has 0 amide bonds. The molecule has 1 aromatic rings. The van der Waals surface area contributed by atoms with E-state index in [1.165, 1.54) is 0 Å². The van der Waals surface area contributed by atoms with Gasteiger partial charge in [0, 0.05) is 18.7 Å². The van der Waals surface area contributed by atoms with Crippen molar-refractivity contribution >= 4 is 0 Å².